The minimum Gasteiger partial charge on any atom is -0.384 e. The van der Waals surface area contributed by atoms with Crippen LogP contribution in [0.4, 0.5) is 10.1 Å². The van der Waals surface area contributed by atoms with Gasteiger partial charge in [-0.15, -0.1) is 0 Å². The molecule has 0 spiro atoms. The fourth-order valence-corrected chi connectivity index (χ4v) is 1.61. The minimum atomic E-state index is -0.802. The van der Waals surface area contributed by atoms with Crippen molar-refractivity contribution in [1.29, 1.82) is 0 Å². The largest absolute Gasteiger partial charge is 0.384 e. The summed E-state index contributed by atoms with van der Waals surface area (Å²) in [6.45, 7) is 3.91. The van der Waals surface area contributed by atoms with Crippen LogP contribution >= 0.6 is 0 Å². The summed E-state index contributed by atoms with van der Waals surface area (Å²) in [5, 5.41) is 13.6. The fraction of sp³-hybridized carbons (Fsp3) is 0.500. The van der Waals surface area contributed by atoms with Crippen molar-refractivity contribution in [2.24, 2.45) is 5.92 Å². The van der Waals surface area contributed by atoms with Crippen molar-refractivity contribution >= 4 is 5.69 Å². The highest BCUT2D eigenvalue weighted by atomic mass is 19.1. The Hall–Kier alpha value is -1.53. The number of nitrogens with zero attached hydrogens (tertiary/aromatic N) is 1. The van der Waals surface area contributed by atoms with Gasteiger partial charge < -0.3 is 10.1 Å². The highest BCUT2D eigenvalue weighted by molar-refractivity contribution is 5.34. The van der Waals surface area contributed by atoms with Crippen molar-refractivity contribution in [2.75, 3.05) is 20.3 Å². The smallest absolute Gasteiger partial charge is 0.304 e. The first kappa shape index (κ1) is 14.5. The van der Waals surface area contributed by atoms with E-state index in [0.717, 1.165) is 6.54 Å². The van der Waals surface area contributed by atoms with Gasteiger partial charge in [0.25, 0.3) is 0 Å². The van der Waals surface area contributed by atoms with Crippen LogP contribution < -0.4 is 5.32 Å². The minimum absolute atomic E-state index is 0.359. The number of rotatable bonds is 7. The van der Waals surface area contributed by atoms with Gasteiger partial charge in [0, 0.05) is 32.9 Å². The summed E-state index contributed by atoms with van der Waals surface area (Å²) in [4.78, 5) is 9.72. The summed E-state index contributed by atoms with van der Waals surface area (Å²) in [5.74, 6) is -0.442. The zero-order valence-electron chi connectivity index (χ0n) is 10.5. The molecule has 0 saturated heterocycles. The van der Waals surface area contributed by atoms with Gasteiger partial charge in [-0.25, -0.2) is 0 Å². The highest BCUT2D eigenvalue weighted by Crippen LogP contribution is 2.17. The Labute approximate surface area is 105 Å². The Bertz CT molecular complexity index is 412. The molecule has 1 aromatic carbocycles. The summed E-state index contributed by atoms with van der Waals surface area (Å²) in [6, 6.07) is 3.92. The van der Waals surface area contributed by atoms with E-state index in [9.17, 15) is 14.5 Å². The number of hydrogen-bond donors (Lipinski definition) is 1. The molecule has 1 unspecified atom stereocenters. The summed E-state index contributed by atoms with van der Waals surface area (Å²) < 4.78 is 18.3. The normalized spacial score (nSPS) is 12.4. The van der Waals surface area contributed by atoms with E-state index in [1.54, 1.807) is 13.2 Å². The molecule has 6 heteroatoms. The van der Waals surface area contributed by atoms with E-state index in [1.165, 1.54) is 12.1 Å². The molecule has 1 atom stereocenters. The van der Waals surface area contributed by atoms with E-state index in [0.29, 0.717) is 24.6 Å². The number of benzene rings is 1. The molecule has 0 aliphatic rings. The van der Waals surface area contributed by atoms with E-state index in [4.69, 9.17) is 4.74 Å². The van der Waals surface area contributed by atoms with Crippen LogP contribution in [0, 0.1) is 21.8 Å². The van der Waals surface area contributed by atoms with Gasteiger partial charge in [0.15, 0.2) is 0 Å². The van der Waals surface area contributed by atoms with Gasteiger partial charge in [-0.3, -0.25) is 10.1 Å². The first-order valence-corrected chi connectivity index (χ1v) is 5.67. The highest BCUT2D eigenvalue weighted by Gasteiger charge is 2.13. The van der Waals surface area contributed by atoms with Crippen molar-refractivity contribution < 1.29 is 14.1 Å². The van der Waals surface area contributed by atoms with E-state index >= 15 is 0 Å². The molecular formula is C12H17FN2O3. The number of ether oxygens (including phenoxy) is 1. The first-order valence-electron chi connectivity index (χ1n) is 5.67. The number of nitro benzene ring substituents is 1. The van der Waals surface area contributed by atoms with Gasteiger partial charge in [0.2, 0.25) is 5.82 Å². The van der Waals surface area contributed by atoms with Gasteiger partial charge in [-0.2, -0.15) is 4.39 Å². The Morgan fingerprint density at radius 2 is 2.28 bits per heavy atom. The van der Waals surface area contributed by atoms with Crippen LogP contribution in [0.2, 0.25) is 0 Å². The van der Waals surface area contributed by atoms with Crippen LogP contribution in [0.15, 0.2) is 18.2 Å². The van der Waals surface area contributed by atoms with Gasteiger partial charge in [0.05, 0.1) is 4.92 Å². The fourth-order valence-electron chi connectivity index (χ4n) is 1.61. The van der Waals surface area contributed by atoms with Crippen molar-refractivity contribution in [3.63, 3.8) is 0 Å². The predicted molar refractivity (Wildman–Crippen MR) is 65.8 cm³/mol. The summed E-state index contributed by atoms with van der Waals surface area (Å²) in [5.41, 5.74) is 0.189. The van der Waals surface area contributed by atoms with Gasteiger partial charge in [-0.1, -0.05) is 13.0 Å². The third-order valence-corrected chi connectivity index (χ3v) is 2.48. The molecule has 0 fully saturated rings. The van der Waals surface area contributed by atoms with E-state index in [2.05, 4.69) is 5.32 Å². The molecule has 0 radical (unpaired) electrons. The second kappa shape index (κ2) is 7.03. The molecular weight excluding hydrogens is 239 g/mol. The second-order valence-electron chi connectivity index (χ2n) is 4.23. The third-order valence-electron chi connectivity index (χ3n) is 2.48. The summed E-state index contributed by atoms with van der Waals surface area (Å²) >= 11 is 0. The number of nitro groups is 1. The molecule has 0 aromatic heterocycles. The number of nitrogens with one attached hydrogen (secondary N) is 1. The molecule has 100 valence electrons. The lowest BCUT2D eigenvalue weighted by atomic mass is 10.1. The molecule has 1 N–H and O–H groups in total. The van der Waals surface area contributed by atoms with Gasteiger partial charge >= 0.3 is 5.69 Å². The van der Waals surface area contributed by atoms with Crippen LogP contribution in [-0.2, 0) is 11.3 Å². The van der Waals surface area contributed by atoms with Crippen molar-refractivity contribution in [1.82, 2.24) is 5.32 Å². The van der Waals surface area contributed by atoms with E-state index < -0.39 is 16.4 Å². The number of hydrogen-bond acceptors (Lipinski definition) is 4. The molecule has 18 heavy (non-hydrogen) atoms. The number of halogens is 1. The molecule has 1 aromatic rings. The van der Waals surface area contributed by atoms with E-state index in [-0.39, 0.29) is 0 Å². The van der Waals surface area contributed by atoms with Gasteiger partial charge in [0.1, 0.15) is 0 Å². The lowest BCUT2D eigenvalue weighted by molar-refractivity contribution is -0.387. The lowest BCUT2D eigenvalue weighted by Gasteiger charge is -2.11. The average molecular weight is 256 g/mol. The van der Waals surface area contributed by atoms with Crippen molar-refractivity contribution in [2.45, 2.75) is 13.5 Å². The quantitative estimate of drug-likeness (QED) is 0.599. The van der Waals surface area contributed by atoms with Crippen LogP contribution in [0.3, 0.4) is 0 Å². The molecule has 0 amide bonds. The predicted octanol–water partition coefficient (Wildman–Crippen LogP) is 2.11. The SMILES string of the molecule is COCC(C)CNCc1ccc([N+](=O)[O-])c(F)c1. The zero-order valence-corrected chi connectivity index (χ0v) is 10.5. The zero-order chi connectivity index (χ0) is 13.5. The maximum atomic E-state index is 13.3. The van der Waals surface area contributed by atoms with Crippen molar-refractivity contribution in [3.8, 4) is 0 Å². The molecule has 5 nitrogen and oxygen atoms in total. The van der Waals surface area contributed by atoms with Crippen LogP contribution in [0.25, 0.3) is 0 Å². The second-order valence-corrected chi connectivity index (χ2v) is 4.23. The molecule has 0 saturated carbocycles. The maximum absolute atomic E-state index is 13.3. The van der Waals surface area contributed by atoms with Gasteiger partial charge in [-0.05, 0) is 17.5 Å². The Balaban J connectivity index is 2.49. The summed E-state index contributed by atoms with van der Waals surface area (Å²) in [7, 11) is 1.64. The van der Waals surface area contributed by atoms with E-state index in [1.807, 2.05) is 6.92 Å². The number of methoxy groups -OCH3 is 1. The molecule has 0 bridgehead atoms. The lowest BCUT2D eigenvalue weighted by Crippen LogP contribution is -2.23. The van der Waals surface area contributed by atoms with Crippen molar-refractivity contribution in [3.05, 3.63) is 39.7 Å². The average Bonchev–Trinajstić information content (AvgIpc) is 2.29. The third kappa shape index (κ3) is 4.38. The van der Waals surface area contributed by atoms with Crippen LogP contribution in [0.5, 0.6) is 0 Å². The topological polar surface area (TPSA) is 64.4 Å². The Morgan fingerprint density at radius 3 is 2.83 bits per heavy atom. The standard InChI is InChI=1S/C12H17FN2O3/c1-9(8-18-2)6-14-7-10-3-4-12(15(16)17)11(13)5-10/h3-5,9,14H,6-8H2,1-2H3. The Morgan fingerprint density at radius 1 is 1.56 bits per heavy atom. The maximum Gasteiger partial charge on any atom is 0.304 e. The molecule has 1 rings (SSSR count). The first-order chi connectivity index (χ1) is 8.54. The molecule has 0 aliphatic carbocycles. The van der Waals surface area contributed by atoms with Crippen LogP contribution in [0.1, 0.15) is 12.5 Å². The Kier molecular flexibility index (Phi) is 5.67. The molecule has 0 heterocycles. The monoisotopic (exact) mass is 256 g/mol. The van der Waals surface area contributed by atoms with Crippen LogP contribution in [-0.4, -0.2) is 25.2 Å². The molecule has 0 aliphatic heterocycles. The summed E-state index contributed by atoms with van der Waals surface area (Å²) in [6.07, 6.45) is 0.